The molecule has 3 heteroatoms. The highest BCUT2D eigenvalue weighted by Crippen LogP contribution is 2.77. The Morgan fingerprint density at radius 3 is 2.24 bits per heavy atom. The zero-order valence-electron chi connectivity index (χ0n) is 22.5. The minimum absolute atomic E-state index is 0.0117. The summed E-state index contributed by atoms with van der Waals surface area (Å²) in [5.41, 5.74) is 3.06. The summed E-state index contributed by atoms with van der Waals surface area (Å²) in [6.07, 6.45) is 13.6. The van der Waals surface area contributed by atoms with E-state index >= 15 is 0 Å². The molecule has 0 radical (unpaired) electrons. The predicted octanol–water partition coefficient (Wildman–Crippen LogP) is 7.71. The van der Waals surface area contributed by atoms with Crippen LogP contribution in [0.15, 0.2) is 5.16 Å². The maximum atomic E-state index is 9.76. The lowest BCUT2D eigenvalue weighted by molar-refractivity contribution is -0.235. The van der Waals surface area contributed by atoms with Crippen LogP contribution in [0.3, 0.4) is 0 Å². The summed E-state index contributed by atoms with van der Waals surface area (Å²) in [4.78, 5) is 0. The van der Waals surface area contributed by atoms with Crippen molar-refractivity contribution in [2.24, 2.45) is 61.3 Å². The Hall–Kier alpha value is -0.570. The molecule has 1 N–H and O–H groups in total. The van der Waals surface area contributed by atoms with Gasteiger partial charge in [0, 0.05) is 5.41 Å². The third kappa shape index (κ3) is 2.54. The summed E-state index contributed by atoms with van der Waals surface area (Å²) in [7, 11) is 0. The molecule has 1 aliphatic heterocycles. The molecule has 33 heavy (non-hydrogen) atoms. The maximum Gasteiger partial charge on any atom is 0.0663 e. The van der Waals surface area contributed by atoms with E-state index < -0.39 is 0 Å². The van der Waals surface area contributed by atoms with Gasteiger partial charge in [0.25, 0.3) is 0 Å². The molecule has 0 unspecified atom stereocenters. The van der Waals surface area contributed by atoms with E-state index in [0.717, 1.165) is 36.5 Å². The molecule has 6 rings (SSSR count). The molecule has 3 nitrogen and oxygen atoms in total. The highest BCUT2D eigenvalue weighted by molar-refractivity contribution is 5.90. The average molecular weight is 456 g/mol. The van der Waals surface area contributed by atoms with Gasteiger partial charge in [-0.1, -0.05) is 53.6 Å². The van der Waals surface area contributed by atoms with E-state index in [9.17, 15) is 5.21 Å². The van der Waals surface area contributed by atoms with E-state index in [2.05, 4.69) is 53.6 Å². The van der Waals surface area contributed by atoms with E-state index in [4.69, 9.17) is 4.74 Å². The van der Waals surface area contributed by atoms with Gasteiger partial charge in [0.1, 0.15) is 0 Å². The maximum absolute atomic E-state index is 9.76. The van der Waals surface area contributed by atoms with E-state index in [-0.39, 0.29) is 5.41 Å². The van der Waals surface area contributed by atoms with Crippen LogP contribution in [0.5, 0.6) is 0 Å². The van der Waals surface area contributed by atoms with E-state index in [0.29, 0.717) is 39.1 Å². The molecule has 186 valence electrons. The predicted molar refractivity (Wildman–Crippen MR) is 133 cm³/mol. The van der Waals surface area contributed by atoms with Crippen molar-refractivity contribution in [3.63, 3.8) is 0 Å². The molecule has 6 aliphatic rings. The Balaban J connectivity index is 1.39. The van der Waals surface area contributed by atoms with Gasteiger partial charge in [0.05, 0.1) is 18.4 Å². The van der Waals surface area contributed by atoms with Gasteiger partial charge in [-0.15, -0.1) is 0 Å². The van der Waals surface area contributed by atoms with Crippen LogP contribution in [0.25, 0.3) is 0 Å². The first-order valence-electron chi connectivity index (χ1n) is 14.2. The lowest BCUT2D eigenvalue weighted by Gasteiger charge is -2.73. The van der Waals surface area contributed by atoms with Crippen LogP contribution in [0.4, 0.5) is 0 Å². The first-order valence-corrected chi connectivity index (χ1v) is 14.2. The van der Waals surface area contributed by atoms with Crippen LogP contribution in [-0.4, -0.2) is 23.6 Å². The first kappa shape index (κ1) is 22.9. The van der Waals surface area contributed by atoms with Gasteiger partial charge in [-0.2, -0.15) is 0 Å². The fourth-order valence-corrected chi connectivity index (χ4v) is 12.0. The van der Waals surface area contributed by atoms with E-state index in [1.54, 1.807) is 0 Å². The van der Waals surface area contributed by atoms with Crippen LogP contribution in [-0.2, 0) is 4.74 Å². The fraction of sp³-hybridized carbons (Fsp3) is 0.967. The van der Waals surface area contributed by atoms with Crippen molar-refractivity contribution in [1.82, 2.24) is 0 Å². The van der Waals surface area contributed by atoms with Gasteiger partial charge in [0.15, 0.2) is 0 Å². The van der Waals surface area contributed by atoms with Crippen LogP contribution >= 0.6 is 0 Å². The molecule has 0 aromatic heterocycles. The number of nitrogens with zero attached hydrogens (tertiary/aromatic N) is 1. The van der Waals surface area contributed by atoms with Gasteiger partial charge in [0.2, 0.25) is 0 Å². The molecule has 1 heterocycles. The molecular weight excluding hydrogens is 406 g/mol. The van der Waals surface area contributed by atoms with Crippen molar-refractivity contribution < 1.29 is 9.94 Å². The summed E-state index contributed by atoms with van der Waals surface area (Å²) < 4.78 is 6.71. The van der Waals surface area contributed by atoms with Gasteiger partial charge in [-0.3, -0.25) is 0 Å². The third-order valence-corrected chi connectivity index (χ3v) is 14.0. The van der Waals surface area contributed by atoms with Gasteiger partial charge in [-0.25, -0.2) is 0 Å². The number of hydrogen-bond donors (Lipinski definition) is 1. The third-order valence-electron chi connectivity index (χ3n) is 14.0. The number of ether oxygens (including phenoxy) is 1. The minimum Gasteiger partial charge on any atom is -0.411 e. The summed E-state index contributed by atoms with van der Waals surface area (Å²) in [5, 5.41) is 13.6. The van der Waals surface area contributed by atoms with Crippen LogP contribution in [0.1, 0.15) is 113 Å². The second kappa shape index (κ2) is 6.60. The SMILES string of the molecule is CC1(C)CC[C@@]23CC[C@]4(C)[C@H](CC[C@@H]5[C@@]6(C)CC/C(=N/O)C(C)(C)[C@H]6CC[C@]54C)[C@@H]2[C@@H]1OC3. The number of rotatable bonds is 0. The van der Waals surface area contributed by atoms with Crippen LogP contribution in [0.2, 0.25) is 0 Å². The highest BCUT2D eigenvalue weighted by atomic mass is 16.5. The molecule has 0 aromatic rings. The summed E-state index contributed by atoms with van der Waals surface area (Å²) >= 11 is 0. The number of fused-ring (bicyclic) bond motifs is 5. The Morgan fingerprint density at radius 2 is 1.52 bits per heavy atom. The Labute approximate surface area is 202 Å². The summed E-state index contributed by atoms with van der Waals surface area (Å²) in [5.74, 6) is 3.02. The molecule has 0 amide bonds. The summed E-state index contributed by atoms with van der Waals surface area (Å²) in [6, 6.07) is 0. The molecule has 0 aromatic carbocycles. The lowest BCUT2D eigenvalue weighted by Crippen LogP contribution is -2.67. The molecule has 9 atom stereocenters. The van der Waals surface area contributed by atoms with Crippen molar-refractivity contribution in [3.05, 3.63) is 0 Å². The van der Waals surface area contributed by atoms with Gasteiger partial charge < -0.3 is 9.94 Å². The molecule has 5 aliphatic carbocycles. The fourth-order valence-electron chi connectivity index (χ4n) is 12.0. The molecule has 5 saturated carbocycles. The molecule has 1 saturated heterocycles. The Morgan fingerprint density at radius 1 is 0.788 bits per heavy atom. The number of oxime groups is 1. The summed E-state index contributed by atoms with van der Waals surface area (Å²) in [6.45, 7) is 18.8. The van der Waals surface area contributed by atoms with Crippen molar-refractivity contribution in [2.45, 2.75) is 119 Å². The first-order chi connectivity index (χ1) is 15.4. The quantitative estimate of drug-likeness (QED) is 0.300. The smallest absolute Gasteiger partial charge is 0.0663 e. The Bertz CT molecular complexity index is 877. The zero-order valence-corrected chi connectivity index (χ0v) is 22.5. The second-order valence-corrected chi connectivity index (χ2v) is 15.5. The molecule has 6 fully saturated rings. The van der Waals surface area contributed by atoms with Crippen molar-refractivity contribution in [1.29, 1.82) is 0 Å². The monoisotopic (exact) mass is 455 g/mol. The van der Waals surface area contributed by atoms with Crippen molar-refractivity contribution in [3.8, 4) is 0 Å². The average Bonchev–Trinajstić information content (AvgIpc) is 3.07. The van der Waals surface area contributed by atoms with Crippen molar-refractivity contribution >= 4 is 5.71 Å². The van der Waals surface area contributed by atoms with Gasteiger partial charge in [-0.05, 0) is 115 Å². The Kier molecular flexibility index (Phi) is 4.57. The van der Waals surface area contributed by atoms with Crippen molar-refractivity contribution in [2.75, 3.05) is 6.61 Å². The van der Waals surface area contributed by atoms with Gasteiger partial charge >= 0.3 is 0 Å². The van der Waals surface area contributed by atoms with E-state index in [1.807, 2.05) is 0 Å². The number of hydrogen-bond acceptors (Lipinski definition) is 3. The second-order valence-electron chi connectivity index (χ2n) is 15.5. The zero-order chi connectivity index (χ0) is 23.7. The largest absolute Gasteiger partial charge is 0.411 e. The van der Waals surface area contributed by atoms with E-state index in [1.165, 1.54) is 57.8 Å². The minimum atomic E-state index is 0.0117. The standard InChI is InChI=1S/C30H49NO2/c1-25(2)14-16-30-17-15-28(6)19(23(30)24(25)33-18-30)8-9-21-27(5)12-11-22(31-32)26(3,4)20(27)10-13-29(21,28)7/h19-21,23-24,32H,8-18H2,1-7H3/b31-22-/t19-,20-,21-,23-,24+,27+,28-,29-,30+/m1/s1. The normalized spacial score (nSPS) is 57.5. The highest BCUT2D eigenvalue weighted by Gasteiger charge is 2.72. The lowest BCUT2D eigenvalue weighted by atomic mass is 9.31. The topological polar surface area (TPSA) is 41.8 Å². The van der Waals surface area contributed by atoms with Crippen LogP contribution < -0.4 is 0 Å². The molecular formula is C30H49NO2. The van der Waals surface area contributed by atoms with Crippen LogP contribution in [0, 0.1) is 56.2 Å². The molecule has 2 bridgehead atoms. The molecule has 0 spiro atoms.